The van der Waals surface area contributed by atoms with Crippen LogP contribution in [0.3, 0.4) is 0 Å². The Hall–Kier alpha value is -0.460. The van der Waals surface area contributed by atoms with E-state index in [4.69, 9.17) is 4.74 Å². The molecule has 2 unspecified atom stereocenters. The quantitative estimate of drug-likeness (QED) is 0.457. The molecular formula is C12H13Br2NO3. The SMILES string of the molecule is O=[N+]([O-])c1cccc(CC2COCCC2Br)c1Br. The molecule has 1 aromatic rings. The molecule has 0 saturated carbocycles. The molecule has 1 fully saturated rings. The van der Waals surface area contributed by atoms with Crippen molar-refractivity contribution in [3.05, 3.63) is 38.3 Å². The van der Waals surface area contributed by atoms with Crippen molar-refractivity contribution in [1.29, 1.82) is 0 Å². The zero-order valence-electron chi connectivity index (χ0n) is 9.64. The molecule has 1 aliphatic heterocycles. The smallest absolute Gasteiger partial charge is 0.283 e. The molecule has 98 valence electrons. The van der Waals surface area contributed by atoms with Gasteiger partial charge in [0.15, 0.2) is 0 Å². The van der Waals surface area contributed by atoms with Crippen LogP contribution in [0.15, 0.2) is 22.7 Å². The minimum Gasteiger partial charge on any atom is -0.381 e. The summed E-state index contributed by atoms with van der Waals surface area (Å²) in [6.07, 6.45) is 1.76. The highest BCUT2D eigenvalue weighted by Gasteiger charge is 2.25. The summed E-state index contributed by atoms with van der Waals surface area (Å²) in [5.41, 5.74) is 1.08. The highest BCUT2D eigenvalue weighted by Crippen LogP contribution is 2.32. The van der Waals surface area contributed by atoms with Crippen LogP contribution >= 0.6 is 31.9 Å². The predicted octanol–water partition coefficient (Wildman–Crippen LogP) is 3.70. The number of rotatable bonds is 3. The van der Waals surface area contributed by atoms with Crippen LogP contribution in [0.25, 0.3) is 0 Å². The normalized spacial score (nSPS) is 23.9. The first-order valence-corrected chi connectivity index (χ1v) is 7.44. The van der Waals surface area contributed by atoms with Gasteiger partial charge in [-0.2, -0.15) is 0 Å². The van der Waals surface area contributed by atoms with E-state index < -0.39 is 0 Å². The summed E-state index contributed by atoms with van der Waals surface area (Å²) >= 11 is 6.99. The maximum Gasteiger partial charge on any atom is 0.283 e. The van der Waals surface area contributed by atoms with Crippen LogP contribution in [0.4, 0.5) is 5.69 Å². The third-order valence-corrected chi connectivity index (χ3v) is 5.24. The summed E-state index contributed by atoms with van der Waals surface area (Å²) in [6.45, 7) is 1.48. The van der Waals surface area contributed by atoms with E-state index in [1.165, 1.54) is 6.07 Å². The van der Waals surface area contributed by atoms with E-state index in [-0.39, 0.29) is 10.6 Å². The maximum absolute atomic E-state index is 10.9. The first-order chi connectivity index (χ1) is 8.59. The summed E-state index contributed by atoms with van der Waals surface area (Å²) in [7, 11) is 0. The Kier molecular flexibility index (Phi) is 4.75. The Bertz CT molecular complexity index is 453. The van der Waals surface area contributed by atoms with E-state index in [0.717, 1.165) is 25.0 Å². The molecule has 1 aromatic carbocycles. The average Bonchev–Trinajstić information content (AvgIpc) is 2.34. The van der Waals surface area contributed by atoms with Crippen LogP contribution in [-0.2, 0) is 11.2 Å². The fourth-order valence-electron chi connectivity index (χ4n) is 2.10. The molecule has 0 bridgehead atoms. The van der Waals surface area contributed by atoms with Crippen LogP contribution < -0.4 is 0 Å². The van der Waals surface area contributed by atoms with Crippen molar-refractivity contribution in [2.24, 2.45) is 5.92 Å². The van der Waals surface area contributed by atoms with Gasteiger partial charge in [0.1, 0.15) is 0 Å². The number of nitro benzene ring substituents is 1. The monoisotopic (exact) mass is 377 g/mol. The molecule has 0 aliphatic carbocycles. The molecule has 18 heavy (non-hydrogen) atoms. The van der Waals surface area contributed by atoms with E-state index in [1.54, 1.807) is 6.07 Å². The molecule has 0 N–H and O–H groups in total. The van der Waals surface area contributed by atoms with Gasteiger partial charge in [0.2, 0.25) is 0 Å². The summed E-state index contributed by atoms with van der Waals surface area (Å²) in [5.74, 6) is 0.358. The lowest BCUT2D eigenvalue weighted by Crippen LogP contribution is -2.29. The Morgan fingerprint density at radius 1 is 1.50 bits per heavy atom. The van der Waals surface area contributed by atoms with Gasteiger partial charge < -0.3 is 4.74 Å². The number of ether oxygens (including phenoxy) is 1. The van der Waals surface area contributed by atoms with E-state index in [9.17, 15) is 10.1 Å². The van der Waals surface area contributed by atoms with Crippen LogP contribution in [-0.4, -0.2) is 23.0 Å². The number of hydrogen-bond donors (Lipinski definition) is 0. The second-order valence-corrected chi connectivity index (χ2v) is 6.32. The molecule has 0 spiro atoms. The Labute approximate surface area is 122 Å². The Morgan fingerprint density at radius 2 is 2.28 bits per heavy atom. The third-order valence-electron chi connectivity index (χ3n) is 3.12. The van der Waals surface area contributed by atoms with Crippen molar-refractivity contribution in [1.82, 2.24) is 0 Å². The summed E-state index contributed by atoms with van der Waals surface area (Å²) < 4.78 is 6.05. The Balaban J connectivity index is 2.18. The van der Waals surface area contributed by atoms with Gasteiger partial charge in [-0.25, -0.2) is 0 Å². The topological polar surface area (TPSA) is 52.4 Å². The van der Waals surface area contributed by atoms with E-state index in [0.29, 0.717) is 21.8 Å². The standard InChI is InChI=1S/C12H13Br2NO3/c13-10-4-5-18-7-9(10)6-8-2-1-3-11(12(8)14)15(16)17/h1-3,9-10H,4-7H2. The lowest BCUT2D eigenvalue weighted by atomic mass is 9.94. The largest absolute Gasteiger partial charge is 0.381 e. The predicted molar refractivity (Wildman–Crippen MR) is 76.1 cm³/mol. The van der Waals surface area contributed by atoms with Crippen LogP contribution in [0.1, 0.15) is 12.0 Å². The number of hydrogen-bond acceptors (Lipinski definition) is 3. The number of nitro groups is 1. The molecule has 4 nitrogen and oxygen atoms in total. The minimum atomic E-state index is -0.365. The molecule has 1 heterocycles. The molecule has 1 aliphatic rings. The van der Waals surface area contributed by atoms with Crippen LogP contribution in [0, 0.1) is 16.0 Å². The van der Waals surface area contributed by atoms with Crippen molar-refractivity contribution < 1.29 is 9.66 Å². The molecular weight excluding hydrogens is 366 g/mol. The highest BCUT2D eigenvalue weighted by molar-refractivity contribution is 9.10. The minimum absolute atomic E-state index is 0.121. The Morgan fingerprint density at radius 3 is 2.94 bits per heavy atom. The summed E-state index contributed by atoms with van der Waals surface area (Å²) in [5, 5.41) is 10.9. The second kappa shape index (κ2) is 6.12. The molecule has 2 rings (SSSR count). The second-order valence-electron chi connectivity index (χ2n) is 4.35. The summed E-state index contributed by atoms with van der Waals surface area (Å²) in [6, 6.07) is 5.16. The van der Waals surface area contributed by atoms with Crippen LogP contribution in [0.2, 0.25) is 0 Å². The fraction of sp³-hybridized carbons (Fsp3) is 0.500. The third kappa shape index (κ3) is 3.10. The number of halogens is 2. The maximum atomic E-state index is 10.9. The lowest BCUT2D eigenvalue weighted by Gasteiger charge is -2.27. The molecule has 6 heteroatoms. The van der Waals surface area contributed by atoms with Gasteiger partial charge in [-0.1, -0.05) is 28.1 Å². The van der Waals surface area contributed by atoms with E-state index in [2.05, 4.69) is 31.9 Å². The first kappa shape index (κ1) is 14.0. The molecule has 1 saturated heterocycles. The molecule has 0 amide bonds. The van der Waals surface area contributed by atoms with Crippen molar-refractivity contribution in [3.8, 4) is 0 Å². The van der Waals surface area contributed by atoms with Crippen molar-refractivity contribution in [3.63, 3.8) is 0 Å². The van der Waals surface area contributed by atoms with Gasteiger partial charge in [0.25, 0.3) is 5.69 Å². The van der Waals surface area contributed by atoms with Crippen molar-refractivity contribution in [2.45, 2.75) is 17.7 Å². The zero-order chi connectivity index (χ0) is 13.1. The van der Waals surface area contributed by atoms with Gasteiger partial charge in [0.05, 0.1) is 16.0 Å². The van der Waals surface area contributed by atoms with Gasteiger partial charge in [-0.3, -0.25) is 10.1 Å². The van der Waals surface area contributed by atoms with E-state index >= 15 is 0 Å². The zero-order valence-corrected chi connectivity index (χ0v) is 12.8. The van der Waals surface area contributed by atoms with Gasteiger partial charge in [-0.05, 0) is 40.3 Å². The van der Waals surface area contributed by atoms with Crippen molar-refractivity contribution in [2.75, 3.05) is 13.2 Å². The summed E-state index contributed by atoms with van der Waals surface area (Å²) in [4.78, 5) is 10.9. The fourth-order valence-corrected chi connectivity index (χ4v) is 3.20. The van der Waals surface area contributed by atoms with Gasteiger partial charge in [0, 0.05) is 17.5 Å². The molecule has 0 aromatic heterocycles. The van der Waals surface area contributed by atoms with Crippen molar-refractivity contribution >= 4 is 37.5 Å². The first-order valence-electron chi connectivity index (χ1n) is 5.73. The lowest BCUT2D eigenvalue weighted by molar-refractivity contribution is -0.385. The van der Waals surface area contributed by atoms with Crippen LogP contribution in [0.5, 0.6) is 0 Å². The molecule has 2 atom stereocenters. The number of alkyl halides is 1. The van der Waals surface area contributed by atoms with Gasteiger partial charge >= 0.3 is 0 Å². The molecule has 0 radical (unpaired) electrons. The number of nitrogens with zero attached hydrogens (tertiary/aromatic N) is 1. The average molecular weight is 379 g/mol. The highest BCUT2D eigenvalue weighted by atomic mass is 79.9. The van der Waals surface area contributed by atoms with Gasteiger partial charge in [-0.15, -0.1) is 0 Å². The number of benzene rings is 1. The van der Waals surface area contributed by atoms with E-state index in [1.807, 2.05) is 6.07 Å².